The zero-order chi connectivity index (χ0) is 20.8. The number of rotatable bonds is 7. The van der Waals surface area contributed by atoms with Crippen molar-refractivity contribution in [3.05, 3.63) is 53.6 Å². The van der Waals surface area contributed by atoms with Gasteiger partial charge in [0.1, 0.15) is 5.75 Å². The third-order valence-corrected chi connectivity index (χ3v) is 4.73. The van der Waals surface area contributed by atoms with Crippen molar-refractivity contribution in [2.24, 2.45) is 0 Å². The summed E-state index contributed by atoms with van der Waals surface area (Å²) < 4.78 is 5.51. The summed E-state index contributed by atoms with van der Waals surface area (Å²) in [6, 6.07) is 13.8. The summed E-state index contributed by atoms with van der Waals surface area (Å²) in [4.78, 5) is 39.1. The van der Waals surface area contributed by atoms with Gasteiger partial charge in [-0.15, -0.1) is 0 Å². The summed E-state index contributed by atoms with van der Waals surface area (Å²) in [5.74, 6) is -0.0233. The Morgan fingerprint density at radius 2 is 1.97 bits per heavy atom. The maximum absolute atomic E-state index is 12.2. The van der Waals surface area contributed by atoms with E-state index in [0.717, 1.165) is 18.7 Å². The number of anilines is 2. The smallest absolute Gasteiger partial charge is 0.260 e. The second-order valence-electron chi connectivity index (χ2n) is 6.74. The molecule has 1 aliphatic heterocycles. The van der Waals surface area contributed by atoms with E-state index in [4.69, 9.17) is 16.3 Å². The summed E-state index contributed by atoms with van der Waals surface area (Å²) in [5, 5.41) is 3.20. The maximum Gasteiger partial charge on any atom is 0.260 e. The van der Waals surface area contributed by atoms with Crippen LogP contribution in [0.4, 0.5) is 11.4 Å². The molecule has 0 aliphatic carbocycles. The first-order valence-corrected chi connectivity index (χ1v) is 9.63. The molecule has 152 valence electrons. The summed E-state index contributed by atoms with van der Waals surface area (Å²) in [5.41, 5.74) is 1.39. The molecule has 0 bridgehead atoms. The van der Waals surface area contributed by atoms with Crippen molar-refractivity contribution in [1.82, 2.24) is 4.90 Å². The predicted molar refractivity (Wildman–Crippen MR) is 111 cm³/mol. The number of carbonyl (C=O) groups excluding carboxylic acids is 3. The fraction of sp³-hybridized carbons (Fsp3) is 0.286. The number of carbonyl (C=O) groups is 3. The number of likely N-dealkylation sites (N-methyl/N-ethyl adjacent to an activating group) is 1. The molecule has 0 saturated carbocycles. The number of halogens is 1. The first kappa shape index (κ1) is 20.7. The number of benzene rings is 2. The van der Waals surface area contributed by atoms with Gasteiger partial charge in [-0.3, -0.25) is 14.4 Å². The fourth-order valence-electron chi connectivity index (χ4n) is 2.97. The largest absolute Gasteiger partial charge is 0.484 e. The fourth-order valence-corrected chi connectivity index (χ4v) is 3.16. The Bertz CT molecular complexity index is 901. The lowest BCUT2D eigenvalue weighted by atomic mass is 10.3. The van der Waals surface area contributed by atoms with Crippen LogP contribution in [0.5, 0.6) is 5.75 Å². The number of nitrogens with zero attached hydrogens (tertiary/aromatic N) is 2. The van der Waals surface area contributed by atoms with Crippen molar-refractivity contribution in [2.75, 3.05) is 37.0 Å². The van der Waals surface area contributed by atoms with Gasteiger partial charge in [-0.1, -0.05) is 17.7 Å². The zero-order valence-corrected chi connectivity index (χ0v) is 16.8. The highest BCUT2D eigenvalue weighted by Crippen LogP contribution is 2.23. The van der Waals surface area contributed by atoms with Crippen LogP contribution in [0, 0.1) is 0 Å². The number of ether oxygens (including phenoxy) is 1. The highest BCUT2D eigenvalue weighted by atomic mass is 35.5. The minimum Gasteiger partial charge on any atom is -0.484 e. The number of hydrogen-bond acceptors (Lipinski definition) is 4. The Morgan fingerprint density at radius 3 is 2.62 bits per heavy atom. The molecular formula is C21H22ClN3O4. The van der Waals surface area contributed by atoms with Crippen LogP contribution < -0.4 is 15.0 Å². The van der Waals surface area contributed by atoms with Crippen molar-refractivity contribution in [3.63, 3.8) is 0 Å². The Balaban J connectivity index is 1.45. The normalized spacial score (nSPS) is 13.3. The molecule has 0 atom stereocenters. The van der Waals surface area contributed by atoms with Crippen LogP contribution in [0.15, 0.2) is 48.5 Å². The average molecular weight is 416 g/mol. The van der Waals surface area contributed by atoms with Gasteiger partial charge >= 0.3 is 0 Å². The van der Waals surface area contributed by atoms with E-state index in [1.807, 2.05) is 0 Å². The Labute approximate surface area is 174 Å². The molecule has 8 heteroatoms. The van der Waals surface area contributed by atoms with Gasteiger partial charge in [0.15, 0.2) is 6.61 Å². The second-order valence-corrected chi connectivity index (χ2v) is 7.18. The summed E-state index contributed by atoms with van der Waals surface area (Å²) in [7, 11) is 1.53. The number of hydrogen-bond donors (Lipinski definition) is 1. The quantitative estimate of drug-likeness (QED) is 0.754. The molecule has 0 unspecified atom stereocenters. The van der Waals surface area contributed by atoms with E-state index in [1.165, 1.54) is 11.9 Å². The van der Waals surface area contributed by atoms with Gasteiger partial charge in [0.25, 0.3) is 5.91 Å². The van der Waals surface area contributed by atoms with Crippen LogP contribution >= 0.6 is 11.6 Å². The molecule has 3 rings (SSSR count). The monoisotopic (exact) mass is 415 g/mol. The molecule has 0 aromatic heterocycles. The molecular weight excluding hydrogens is 394 g/mol. The lowest BCUT2D eigenvalue weighted by Crippen LogP contribution is -2.37. The molecule has 0 radical (unpaired) electrons. The van der Waals surface area contributed by atoms with Crippen LogP contribution in [0.1, 0.15) is 12.8 Å². The van der Waals surface area contributed by atoms with Gasteiger partial charge < -0.3 is 19.9 Å². The van der Waals surface area contributed by atoms with Crippen molar-refractivity contribution >= 4 is 40.7 Å². The second kappa shape index (κ2) is 9.43. The lowest BCUT2D eigenvalue weighted by Gasteiger charge is -2.18. The maximum atomic E-state index is 12.2. The summed E-state index contributed by atoms with van der Waals surface area (Å²) in [6.07, 6.45) is 1.44. The van der Waals surface area contributed by atoms with Crippen molar-refractivity contribution in [3.8, 4) is 5.75 Å². The molecule has 0 spiro atoms. The van der Waals surface area contributed by atoms with Crippen LogP contribution in [0.25, 0.3) is 0 Å². The van der Waals surface area contributed by atoms with Gasteiger partial charge in [0.05, 0.1) is 6.54 Å². The molecule has 1 N–H and O–H groups in total. The first-order valence-electron chi connectivity index (χ1n) is 9.25. The summed E-state index contributed by atoms with van der Waals surface area (Å²) in [6.45, 7) is 0.424. The van der Waals surface area contributed by atoms with E-state index in [2.05, 4.69) is 5.32 Å². The van der Waals surface area contributed by atoms with Gasteiger partial charge in [0, 0.05) is 36.4 Å². The van der Waals surface area contributed by atoms with Crippen molar-refractivity contribution in [2.45, 2.75) is 12.8 Å². The Morgan fingerprint density at radius 1 is 1.21 bits per heavy atom. The molecule has 2 aromatic rings. The SMILES string of the molecule is CN(CC(=O)Nc1cccc(Cl)c1)C(=O)COc1ccc(N2CCCC2=O)cc1. The van der Waals surface area contributed by atoms with E-state index < -0.39 is 0 Å². The minimum absolute atomic E-state index is 0.106. The van der Waals surface area contributed by atoms with Crippen molar-refractivity contribution < 1.29 is 19.1 Å². The Hall–Kier alpha value is -3.06. The Kier molecular flexibility index (Phi) is 6.72. The third kappa shape index (κ3) is 5.71. The third-order valence-electron chi connectivity index (χ3n) is 4.50. The number of nitrogens with one attached hydrogen (secondary N) is 1. The lowest BCUT2D eigenvalue weighted by molar-refractivity contribution is -0.135. The minimum atomic E-state index is -0.331. The molecule has 1 saturated heterocycles. The molecule has 3 amide bonds. The van der Waals surface area contributed by atoms with Crippen molar-refractivity contribution in [1.29, 1.82) is 0 Å². The van der Waals surface area contributed by atoms with Gasteiger partial charge in [-0.25, -0.2) is 0 Å². The molecule has 29 heavy (non-hydrogen) atoms. The zero-order valence-electron chi connectivity index (χ0n) is 16.1. The average Bonchev–Trinajstić information content (AvgIpc) is 3.12. The van der Waals surface area contributed by atoms with E-state index in [-0.39, 0.29) is 30.9 Å². The standard InChI is InChI=1S/C21H22ClN3O4/c1-24(13-19(26)23-16-5-2-4-15(22)12-16)21(28)14-29-18-9-7-17(8-10-18)25-11-3-6-20(25)27/h2,4-5,7-10,12H,3,6,11,13-14H2,1H3,(H,23,26). The predicted octanol–water partition coefficient (Wildman–Crippen LogP) is 2.94. The number of amides is 3. The van der Waals surface area contributed by atoms with E-state index in [0.29, 0.717) is 22.9 Å². The highest BCUT2D eigenvalue weighted by molar-refractivity contribution is 6.30. The molecule has 7 nitrogen and oxygen atoms in total. The highest BCUT2D eigenvalue weighted by Gasteiger charge is 2.21. The summed E-state index contributed by atoms with van der Waals surface area (Å²) >= 11 is 5.89. The van der Waals surface area contributed by atoms with Gasteiger partial charge in [0.2, 0.25) is 11.8 Å². The molecule has 2 aromatic carbocycles. The van der Waals surface area contributed by atoms with E-state index in [9.17, 15) is 14.4 Å². The van der Waals surface area contributed by atoms with Gasteiger partial charge in [-0.05, 0) is 48.9 Å². The van der Waals surface area contributed by atoms with Crippen LogP contribution in [-0.4, -0.2) is 49.4 Å². The van der Waals surface area contributed by atoms with Crippen LogP contribution in [-0.2, 0) is 14.4 Å². The van der Waals surface area contributed by atoms with Gasteiger partial charge in [-0.2, -0.15) is 0 Å². The van der Waals surface area contributed by atoms with Crippen LogP contribution in [0.2, 0.25) is 5.02 Å². The van der Waals surface area contributed by atoms with E-state index in [1.54, 1.807) is 53.4 Å². The topological polar surface area (TPSA) is 79.0 Å². The molecule has 1 heterocycles. The first-order chi connectivity index (χ1) is 13.9. The van der Waals surface area contributed by atoms with E-state index >= 15 is 0 Å². The molecule has 1 aliphatic rings. The van der Waals surface area contributed by atoms with Crippen LogP contribution in [0.3, 0.4) is 0 Å². The molecule has 1 fully saturated rings.